The molecule has 1 unspecified atom stereocenters. The zero-order valence-electron chi connectivity index (χ0n) is 5.81. The van der Waals surface area contributed by atoms with Crippen molar-refractivity contribution in [1.29, 1.82) is 0 Å². The highest BCUT2D eigenvalue weighted by Gasteiger charge is 2.25. The quantitative estimate of drug-likeness (QED) is 0.484. The van der Waals surface area contributed by atoms with Gasteiger partial charge < -0.3 is 0 Å². The van der Waals surface area contributed by atoms with Crippen molar-refractivity contribution in [1.82, 2.24) is 5.01 Å². The number of hydrogen-bond donors (Lipinski definition) is 0. The molecule has 0 amide bonds. The smallest absolute Gasteiger partial charge is 0.112 e. The number of rotatable bonds is 0. The minimum absolute atomic E-state index is 0.414. The molecule has 0 fully saturated rings. The molecular weight excluding hydrogens is 126 g/mol. The average Bonchev–Trinajstić information content (AvgIpc) is 2.34. The second-order valence-electron chi connectivity index (χ2n) is 2.60. The summed E-state index contributed by atoms with van der Waals surface area (Å²) in [5, 5.41) is 6.03. The summed E-state index contributed by atoms with van der Waals surface area (Å²) in [6.07, 6.45) is 7.60. The maximum absolute atomic E-state index is 4.15. The Kier molecular flexibility index (Phi) is 1.09. The number of hydrogen-bond acceptors (Lipinski definition) is 3. The van der Waals surface area contributed by atoms with Crippen molar-refractivity contribution >= 4 is 12.6 Å². The molecule has 0 aromatic carbocycles. The summed E-state index contributed by atoms with van der Waals surface area (Å²) in [7, 11) is 0. The lowest BCUT2D eigenvalue weighted by Gasteiger charge is -2.20. The molecule has 3 nitrogen and oxygen atoms in total. The van der Waals surface area contributed by atoms with Gasteiger partial charge in [-0.25, -0.2) is 10.0 Å². The SMILES string of the molecule is C[C@H]1C=NN2C=NC=CC12. The summed E-state index contributed by atoms with van der Waals surface area (Å²) in [6.45, 7) is 2.15. The first kappa shape index (κ1) is 5.65. The Balaban J connectivity index is 2.26. The maximum atomic E-state index is 4.15. The Labute approximate surface area is 59.7 Å². The highest BCUT2D eigenvalue weighted by molar-refractivity contribution is 5.70. The van der Waals surface area contributed by atoms with Crippen molar-refractivity contribution in [2.75, 3.05) is 0 Å². The van der Waals surface area contributed by atoms with E-state index in [1.54, 1.807) is 6.34 Å². The number of hydrazone groups is 1. The van der Waals surface area contributed by atoms with E-state index in [1.165, 1.54) is 0 Å². The van der Waals surface area contributed by atoms with Gasteiger partial charge in [-0.15, -0.1) is 0 Å². The van der Waals surface area contributed by atoms with E-state index in [4.69, 9.17) is 0 Å². The molecule has 2 rings (SSSR count). The van der Waals surface area contributed by atoms with E-state index in [0.717, 1.165) is 0 Å². The molecule has 2 atom stereocenters. The monoisotopic (exact) mass is 135 g/mol. The first-order valence-corrected chi connectivity index (χ1v) is 3.40. The zero-order valence-corrected chi connectivity index (χ0v) is 5.81. The molecule has 0 aliphatic carbocycles. The lowest BCUT2D eigenvalue weighted by atomic mass is 10.0. The molecule has 0 radical (unpaired) electrons. The van der Waals surface area contributed by atoms with Crippen LogP contribution < -0.4 is 0 Å². The molecule has 0 spiro atoms. The fraction of sp³-hybridized carbons (Fsp3) is 0.429. The van der Waals surface area contributed by atoms with Gasteiger partial charge in [-0.05, 0) is 6.08 Å². The van der Waals surface area contributed by atoms with E-state index < -0.39 is 0 Å². The van der Waals surface area contributed by atoms with Crippen molar-refractivity contribution < 1.29 is 0 Å². The van der Waals surface area contributed by atoms with Crippen LogP contribution in [-0.2, 0) is 0 Å². The highest BCUT2D eigenvalue weighted by Crippen LogP contribution is 2.18. The van der Waals surface area contributed by atoms with Crippen LogP contribution in [0.4, 0.5) is 0 Å². The lowest BCUT2D eigenvalue weighted by molar-refractivity contribution is 0.381. The van der Waals surface area contributed by atoms with Crippen LogP contribution in [0.1, 0.15) is 6.92 Å². The fourth-order valence-corrected chi connectivity index (χ4v) is 1.20. The average molecular weight is 135 g/mol. The second kappa shape index (κ2) is 1.94. The maximum Gasteiger partial charge on any atom is 0.112 e. The van der Waals surface area contributed by atoms with E-state index >= 15 is 0 Å². The van der Waals surface area contributed by atoms with E-state index in [1.807, 2.05) is 17.4 Å². The van der Waals surface area contributed by atoms with Gasteiger partial charge in [0.05, 0.1) is 6.04 Å². The minimum atomic E-state index is 0.414. The molecule has 0 aromatic heterocycles. The van der Waals surface area contributed by atoms with Crippen LogP contribution in [0, 0.1) is 5.92 Å². The summed E-state index contributed by atoms with van der Waals surface area (Å²) in [4.78, 5) is 3.96. The van der Waals surface area contributed by atoms with E-state index in [-0.39, 0.29) is 0 Å². The van der Waals surface area contributed by atoms with Gasteiger partial charge in [0.2, 0.25) is 0 Å². The molecule has 0 saturated heterocycles. The third-order valence-electron chi connectivity index (χ3n) is 1.83. The van der Waals surface area contributed by atoms with Gasteiger partial charge in [0.25, 0.3) is 0 Å². The van der Waals surface area contributed by atoms with E-state index in [9.17, 15) is 0 Å². The van der Waals surface area contributed by atoms with Gasteiger partial charge in [0.15, 0.2) is 0 Å². The van der Waals surface area contributed by atoms with Crippen LogP contribution in [0.25, 0.3) is 0 Å². The van der Waals surface area contributed by atoms with Crippen LogP contribution in [0.15, 0.2) is 22.4 Å². The van der Waals surface area contributed by atoms with Crippen LogP contribution in [-0.4, -0.2) is 23.6 Å². The first-order chi connectivity index (χ1) is 4.88. The Hall–Kier alpha value is -1.12. The third kappa shape index (κ3) is 0.667. The van der Waals surface area contributed by atoms with Crippen molar-refractivity contribution in [3.8, 4) is 0 Å². The Bertz CT molecular complexity index is 217. The van der Waals surface area contributed by atoms with Crippen molar-refractivity contribution in [3.05, 3.63) is 12.3 Å². The lowest BCUT2D eigenvalue weighted by Crippen LogP contribution is -2.29. The molecule has 0 saturated carbocycles. The topological polar surface area (TPSA) is 28.0 Å². The normalized spacial score (nSPS) is 35.1. The molecule has 0 aromatic rings. The molecule has 2 heterocycles. The van der Waals surface area contributed by atoms with Gasteiger partial charge in [0.1, 0.15) is 6.34 Å². The van der Waals surface area contributed by atoms with Crippen LogP contribution in [0.2, 0.25) is 0 Å². The van der Waals surface area contributed by atoms with Crippen LogP contribution in [0.5, 0.6) is 0 Å². The standard InChI is InChI=1S/C7H9N3/c1-6-4-9-10-5-8-3-2-7(6)10/h2-7H,1H3/t6-,7?/m0/s1. The van der Waals surface area contributed by atoms with Crippen molar-refractivity contribution in [2.45, 2.75) is 13.0 Å². The predicted molar refractivity (Wildman–Crippen MR) is 40.9 cm³/mol. The summed E-state index contributed by atoms with van der Waals surface area (Å²) in [5.74, 6) is 0.517. The molecule has 2 aliphatic heterocycles. The van der Waals surface area contributed by atoms with Crippen molar-refractivity contribution in [2.24, 2.45) is 16.0 Å². The Morgan fingerprint density at radius 2 is 2.40 bits per heavy atom. The molecule has 0 N–H and O–H groups in total. The summed E-state index contributed by atoms with van der Waals surface area (Å²) in [5.41, 5.74) is 0. The number of fused-ring (bicyclic) bond motifs is 1. The van der Waals surface area contributed by atoms with Crippen LogP contribution in [0.3, 0.4) is 0 Å². The van der Waals surface area contributed by atoms with Gasteiger partial charge in [-0.2, -0.15) is 5.10 Å². The summed E-state index contributed by atoms with van der Waals surface area (Å²) >= 11 is 0. The molecule has 3 heteroatoms. The summed E-state index contributed by atoms with van der Waals surface area (Å²) in [6, 6.07) is 0.414. The Morgan fingerprint density at radius 1 is 1.50 bits per heavy atom. The summed E-state index contributed by atoms with van der Waals surface area (Å²) < 4.78 is 0. The second-order valence-corrected chi connectivity index (χ2v) is 2.60. The molecule has 0 bridgehead atoms. The fourth-order valence-electron chi connectivity index (χ4n) is 1.20. The molecule has 52 valence electrons. The van der Waals surface area contributed by atoms with Gasteiger partial charge >= 0.3 is 0 Å². The predicted octanol–water partition coefficient (Wildman–Crippen LogP) is 0.848. The Morgan fingerprint density at radius 3 is 3.20 bits per heavy atom. The zero-order chi connectivity index (χ0) is 6.97. The first-order valence-electron chi connectivity index (χ1n) is 3.40. The van der Waals surface area contributed by atoms with Gasteiger partial charge in [0, 0.05) is 18.3 Å². The number of aliphatic imine (C=N–C) groups is 1. The van der Waals surface area contributed by atoms with E-state index in [0.29, 0.717) is 12.0 Å². The highest BCUT2D eigenvalue weighted by atomic mass is 15.5. The minimum Gasteiger partial charge on any atom is -0.247 e. The largest absolute Gasteiger partial charge is 0.247 e. The van der Waals surface area contributed by atoms with Crippen LogP contribution >= 0.6 is 0 Å². The van der Waals surface area contributed by atoms with Gasteiger partial charge in [-0.1, -0.05) is 6.92 Å². The molecular formula is C7H9N3. The van der Waals surface area contributed by atoms with E-state index in [2.05, 4.69) is 23.1 Å². The molecule has 10 heavy (non-hydrogen) atoms. The van der Waals surface area contributed by atoms with Crippen molar-refractivity contribution in [3.63, 3.8) is 0 Å². The molecule has 2 aliphatic rings. The van der Waals surface area contributed by atoms with Gasteiger partial charge in [-0.3, -0.25) is 0 Å². The third-order valence-corrected chi connectivity index (χ3v) is 1.83. The number of nitrogens with zero attached hydrogens (tertiary/aromatic N) is 3.